The van der Waals surface area contributed by atoms with E-state index < -0.39 is 22.0 Å². The van der Waals surface area contributed by atoms with E-state index in [0.29, 0.717) is 5.69 Å². The highest BCUT2D eigenvalue weighted by Gasteiger charge is 2.31. The van der Waals surface area contributed by atoms with Crippen LogP contribution in [0.15, 0.2) is 48.5 Å². The predicted octanol–water partition coefficient (Wildman–Crippen LogP) is 4.92. The average Bonchev–Trinajstić information content (AvgIpc) is 2.86. The van der Waals surface area contributed by atoms with E-state index in [2.05, 4.69) is 26.1 Å². The molecule has 1 aliphatic rings. The van der Waals surface area contributed by atoms with Crippen molar-refractivity contribution in [3.8, 4) is 0 Å². The molecule has 2 aromatic rings. The van der Waals surface area contributed by atoms with Gasteiger partial charge < -0.3 is 10.2 Å². The minimum absolute atomic E-state index is 0.0871. The van der Waals surface area contributed by atoms with Gasteiger partial charge in [-0.05, 0) is 55.4 Å². The predicted molar refractivity (Wildman–Crippen MR) is 154 cm³/mol. The summed E-state index contributed by atoms with van der Waals surface area (Å²) in [5, 5.41) is 3.12. The third kappa shape index (κ3) is 8.06. The number of carbonyl (C=O) groups excluding carboxylic acids is 2. The van der Waals surface area contributed by atoms with Crippen molar-refractivity contribution in [2.24, 2.45) is 0 Å². The summed E-state index contributed by atoms with van der Waals surface area (Å²) < 4.78 is 26.7. The Morgan fingerprint density at radius 2 is 1.55 bits per heavy atom. The number of nitrogens with one attached hydrogen (secondary N) is 1. The maximum Gasteiger partial charge on any atom is 0.244 e. The maximum absolute atomic E-state index is 13.7. The third-order valence-electron chi connectivity index (χ3n) is 7.29. The standard InChI is InChI=1S/C30H43N3O4S/c1-22-12-14-24(15-13-22)20-32(23(2)29(35)31-26-10-8-7-9-11-26)28(34)21-33(38(6,36)37)27-18-16-25(17-19-27)30(3,4)5/h12-19,23,26H,7-11,20-21H2,1-6H3,(H,31,35)/t23-/m1/s1. The molecule has 7 nitrogen and oxygen atoms in total. The molecule has 1 N–H and O–H groups in total. The van der Waals surface area contributed by atoms with Gasteiger partial charge in [-0.1, -0.05) is 82.0 Å². The molecule has 0 aromatic heterocycles. The SMILES string of the molecule is Cc1ccc(CN(C(=O)CN(c2ccc(C(C)(C)C)cc2)S(C)(=O)=O)[C@H](C)C(=O)NC2CCCCC2)cc1. The number of hydrogen-bond acceptors (Lipinski definition) is 4. The van der Waals surface area contributed by atoms with Crippen molar-refractivity contribution in [3.63, 3.8) is 0 Å². The second-order valence-corrected chi connectivity index (χ2v) is 13.5. The minimum Gasteiger partial charge on any atom is -0.352 e. The number of aryl methyl sites for hydroxylation is 1. The van der Waals surface area contributed by atoms with E-state index in [1.54, 1.807) is 19.1 Å². The van der Waals surface area contributed by atoms with Crippen molar-refractivity contribution in [1.82, 2.24) is 10.2 Å². The van der Waals surface area contributed by atoms with Crippen LogP contribution in [0.5, 0.6) is 0 Å². The second kappa shape index (κ2) is 12.3. The van der Waals surface area contributed by atoms with Gasteiger partial charge in [0, 0.05) is 12.6 Å². The number of benzene rings is 2. The molecule has 38 heavy (non-hydrogen) atoms. The molecule has 0 aliphatic heterocycles. The van der Waals surface area contributed by atoms with Gasteiger partial charge in [-0.3, -0.25) is 13.9 Å². The number of sulfonamides is 1. The molecule has 0 radical (unpaired) electrons. The molecule has 0 heterocycles. The van der Waals surface area contributed by atoms with Crippen LogP contribution in [0.4, 0.5) is 5.69 Å². The van der Waals surface area contributed by atoms with E-state index in [-0.39, 0.29) is 30.5 Å². The molecular formula is C30H43N3O4S. The Morgan fingerprint density at radius 1 is 0.974 bits per heavy atom. The zero-order valence-electron chi connectivity index (χ0n) is 23.7. The average molecular weight is 542 g/mol. The number of amides is 2. The molecular weight excluding hydrogens is 498 g/mol. The normalized spacial score (nSPS) is 15.5. The summed E-state index contributed by atoms with van der Waals surface area (Å²) in [7, 11) is -3.76. The van der Waals surface area contributed by atoms with Crippen molar-refractivity contribution >= 4 is 27.5 Å². The van der Waals surface area contributed by atoms with Gasteiger partial charge in [0.2, 0.25) is 21.8 Å². The van der Waals surface area contributed by atoms with Crippen LogP contribution in [0.25, 0.3) is 0 Å². The summed E-state index contributed by atoms with van der Waals surface area (Å²) in [4.78, 5) is 28.5. The van der Waals surface area contributed by atoms with Crippen LogP contribution < -0.4 is 9.62 Å². The van der Waals surface area contributed by atoms with Crippen LogP contribution in [-0.2, 0) is 31.6 Å². The van der Waals surface area contributed by atoms with E-state index in [1.807, 2.05) is 43.3 Å². The molecule has 0 spiro atoms. The first-order chi connectivity index (χ1) is 17.8. The van der Waals surface area contributed by atoms with Gasteiger partial charge in [-0.2, -0.15) is 0 Å². The highest BCUT2D eigenvalue weighted by atomic mass is 32.2. The maximum atomic E-state index is 13.7. The van der Waals surface area contributed by atoms with E-state index in [4.69, 9.17) is 0 Å². The number of nitrogens with zero attached hydrogens (tertiary/aromatic N) is 2. The van der Waals surface area contributed by atoms with Gasteiger partial charge in [0.25, 0.3) is 0 Å². The minimum atomic E-state index is -3.76. The quantitative estimate of drug-likeness (QED) is 0.488. The Labute approximate surface area is 228 Å². The lowest BCUT2D eigenvalue weighted by Crippen LogP contribution is -2.52. The fraction of sp³-hybridized carbons (Fsp3) is 0.533. The summed E-state index contributed by atoms with van der Waals surface area (Å²) in [6, 6.07) is 14.4. The highest BCUT2D eigenvalue weighted by molar-refractivity contribution is 7.92. The topological polar surface area (TPSA) is 86.8 Å². The number of carbonyl (C=O) groups is 2. The number of rotatable bonds is 9. The van der Waals surface area contributed by atoms with Crippen LogP contribution in [-0.4, -0.2) is 50.0 Å². The van der Waals surface area contributed by atoms with Gasteiger partial charge >= 0.3 is 0 Å². The van der Waals surface area contributed by atoms with E-state index in [1.165, 1.54) is 11.3 Å². The smallest absolute Gasteiger partial charge is 0.244 e. The molecule has 3 rings (SSSR count). The first kappa shape index (κ1) is 29.7. The number of hydrogen-bond donors (Lipinski definition) is 1. The zero-order chi connectivity index (χ0) is 28.1. The summed E-state index contributed by atoms with van der Waals surface area (Å²) in [6.45, 7) is 9.78. The Hall–Kier alpha value is -2.87. The van der Waals surface area contributed by atoms with Crippen LogP contribution in [0, 0.1) is 6.92 Å². The van der Waals surface area contributed by atoms with Crippen molar-refractivity contribution in [2.75, 3.05) is 17.1 Å². The van der Waals surface area contributed by atoms with E-state index in [0.717, 1.165) is 52.9 Å². The lowest BCUT2D eigenvalue weighted by molar-refractivity contribution is -0.139. The van der Waals surface area contributed by atoms with E-state index in [9.17, 15) is 18.0 Å². The fourth-order valence-electron chi connectivity index (χ4n) is 4.78. The van der Waals surface area contributed by atoms with Crippen LogP contribution in [0.2, 0.25) is 0 Å². The highest BCUT2D eigenvalue weighted by Crippen LogP contribution is 2.26. The first-order valence-corrected chi connectivity index (χ1v) is 15.3. The van der Waals surface area contributed by atoms with Gasteiger partial charge in [0.15, 0.2) is 0 Å². The fourth-order valence-corrected chi connectivity index (χ4v) is 5.63. The number of anilines is 1. The molecule has 1 saturated carbocycles. The summed E-state index contributed by atoms with van der Waals surface area (Å²) >= 11 is 0. The lowest BCUT2D eigenvalue weighted by Gasteiger charge is -2.33. The summed E-state index contributed by atoms with van der Waals surface area (Å²) in [5.74, 6) is -0.639. The van der Waals surface area contributed by atoms with Gasteiger partial charge in [0.05, 0.1) is 11.9 Å². The lowest BCUT2D eigenvalue weighted by atomic mass is 9.87. The molecule has 8 heteroatoms. The second-order valence-electron chi connectivity index (χ2n) is 11.6. The Bertz CT molecular complexity index is 1200. The van der Waals surface area contributed by atoms with Crippen LogP contribution in [0.1, 0.15) is 76.5 Å². The Morgan fingerprint density at radius 3 is 2.08 bits per heavy atom. The molecule has 1 aliphatic carbocycles. The monoisotopic (exact) mass is 541 g/mol. The zero-order valence-corrected chi connectivity index (χ0v) is 24.5. The molecule has 2 amide bonds. The van der Waals surface area contributed by atoms with Crippen molar-refractivity contribution < 1.29 is 18.0 Å². The molecule has 2 aromatic carbocycles. The summed E-state index contributed by atoms with van der Waals surface area (Å²) in [6.07, 6.45) is 6.33. The van der Waals surface area contributed by atoms with Crippen molar-refractivity contribution in [2.45, 2.75) is 90.8 Å². The van der Waals surface area contributed by atoms with Crippen LogP contribution in [0.3, 0.4) is 0 Å². The molecule has 208 valence electrons. The first-order valence-electron chi connectivity index (χ1n) is 13.5. The molecule has 0 saturated heterocycles. The Balaban J connectivity index is 1.87. The van der Waals surface area contributed by atoms with Crippen molar-refractivity contribution in [3.05, 3.63) is 65.2 Å². The molecule has 1 fully saturated rings. The molecule has 0 unspecified atom stereocenters. The van der Waals surface area contributed by atoms with Gasteiger partial charge in [-0.25, -0.2) is 8.42 Å². The van der Waals surface area contributed by atoms with Crippen molar-refractivity contribution in [1.29, 1.82) is 0 Å². The summed E-state index contributed by atoms with van der Waals surface area (Å²) in [5.41, 5.74) is 3.37. The largest absolute Gasteiger partial charge is 0.352 e. The van der Waals surface area contributed by atoms with Gasteiger partial charge in [0.1, 0.15) is 12.6 Å². The van der Waals surface area contributed by atoms with Crippen LogP contribution >= 0.6 is 0 Å². The van der Waals surface area contributed by atoms with Gasteiger partial charge in [-0.15, -0.1) is 0 Å². The van der Waals surface area contributed by atoms with E-state index >= 15 is 0 Å². The third-order valence-corrected chi connectivity index (χ3v) is 8.43. The Kier molecular flexibility index (Phi) is 9.63. The molecule has 0 bridgehead atoms. The molecule has 1 atom stereocenters.